The molecule has 0 saturated carbocycles. The Hall–Kier alpha value is -2.97. The maximum Gasteiger partial charge on any atom is 0.280 e. The zero-order chi connectivity index (χ0) is 19.8. The van der Waals surface area contributed by atoms with E-state index in [1.165, 1.54) is 29.7 Å². The van der Waals surface area contributed by atoms with Crippen LogP contribution in [-0.2, 0) is 4.74 Å². The second kappa shape index (κ2) is 7.46. The van der Waals surface area contributed by atoms with Crippen molar-refractivity contribution in [3.05, 3.63) is 60.2 Å². The summed E-state index contributed by atoms with van der Waals surface area (Å²) < 4.78 is 20.0. The van der Waals surface area contributed by atoms with E-state index in [4.69, 9.17) is 4.74 Å². The van der Waals surface area contributed by atoms with Crippen LogP contribution in [0.2, 0.25) is 0 Å². The van der Waals surface area contributed by atoms with Gasteiger partial charge in [0.15, 0.2) is 5.13 Å². The van der Waals surface area contributed by atoms with Gasteiger partial charge < -0.3 is 4.74 Å². The smallest absolute Gasteiger partial charge is 0.280 e. The number of amides is 1. The molecule has 1 amide bonds. The lowest BCUT2D eigenvalue weighted by Crippen LogP contribution is -2.38. The summed E-state index contributed by atoms with van der Waals surface area (Å²) in [5, 5.41) is 0.501. The monoisotopic (exact) mass is 408 g/mol. The van der Waals surface area contributed by atoms with Crippen molar-refractivity contribution >= 4 is 43.6 Å². The van der Waals surface area contributed by atoms with Crippen molar-refractivity contribution in [3.63, 3.8) is 0 Å². The molecule has 1 saturated heterocycles. The van der Waals surface area contributed by atoms with Gasteiger partial charge in [0.1, 0.15) is 11.5 Å². The SMILES string of the molecule is O=C(c1cnc2ccccc2n1)N(CC1CCCO1)c1nc2ccc(F)cc2s1. The Morgan fingerprint density at radius 2 is 2.03 bits per heavy atom. The number of carbonyl (C=O) groups excluding carboxylic acids is 1. The molecule has 3 heterocycles. The van der Waals surface area contributed by atoms with Crippen LogP contribution in [0.4, 0.5) is 9.52 Å². The molecule has 6 nitrogen and oxygen atoms in total. The van der Waals surface area contributed by atoms with Gasteiger partial charge in [0.25, 0.3) is 5.91 Å². The van der Waals surface area contributed by atoms with Crippen LogP contribution >= 0.6 is 11.3 Å². The first-order chi connectivity index (χ1) is 14.2. The summed E-state index contributed by atoms with van der Waals surface area (Å²) in [6, 6.07) is 11.8. The molecule has 1 aliphatic rings. The van der Waals surface area contributed by atoms with Crippen molar-refractivity contribution < 1.29 is 13.9 Å². The Bertz CT molecular complexity index is 1210. The van der Waals surface area contributed by atoms with Crippen molar-refractivity contribution in [1.82, 2.24) is 15.0 Å². The molecule has 1 unspecified atom stereocenters. The normalized spacial score (nSPS) is 16.5. The van der Waals surface area contributed by atoms with Crippen LogP contribution in [0.25, 0.3) is 21.3 Å². The predicted molar refractivity (Wildman–Crippen MR) is 110 cm³/mol. The van der Waals surface area contributed by atoms with Crippen molar-refractivity contribution in [3.8, 4) is 0 Å². The maximum absolute atomic E-state index is 13.6. The van der Waals surface area contributed by atoms with E-state index in [-0.39, 0.29) is 23.5 Å². The number of aromatic nitrogens is 3. The van der Waals surface area contributed by atoms with Gasteiger partial charge in [0, 0.05) is 6.61 Å². The molecule has 1 fully saturated rings. The summed E-state index contributed by atoms with van der Waals surface area (Å²) in [7, 11) is 0. The molecule has 146 valence electrons. The molecule has 1 aliphatic heterocycles. The Morgan fingerprint density at radius 1 is 1.17 bits per heavy atom. The minimum Gasteiger partial charge on any atom is -0.376 e. The zero-order valence-electron chi connectivity index (χ0n) is 15.4. The van der Waals surface area contributed by atoms with E-state index in [9.17, 15) is 9.18 Å². The lowest BCUT2D eigenvalue weighted by molar-refractivity contribution is 0.0913. The van der Waals surface area contributed by atoms with Crippen molar-refractivity contribution in [2.75, 3.05) is 18.1 Å². The van der Waals surface area contributed by atoms with E-state index in [0.717, 1.165) is 18.4 Å². The quantitative estimate of drug-likeness (QED) is 0.506. The highest BCUT2D eigenvalue weighted by Gasteiger charge is 2.28. The van der Waals surface area contributed by atoms with Gasteiger partial charge in [0.2, 0.25) is 0 Å². The van der Waals surface area contributed by atoms with Crippen LogP contribution in [0.3, 0.4) is 0 Å². The fourth-order valence-electron chi connectivity index (χ4n) is 3.44. The summed E-state index contributed by atoms with van der Waals surface area (Å²) in [6.07, 6.45) is 3.27. The van der Waals surface area contributed by atoms with Gasteiger partial charge in [0.05, 0.1) is 40.1 Å². The summed E-state index contributed by atoms with van der Waals surface area (Å²) in [4.78, 5) is 28.4. The number of hydrogen-bond acceptors (Lipinski definition) is 6. The first-order valence-electron chi connectivity index (χ1n) is 9.39. The van der Waals surface area contributed by atoms with E-state index < -0.39 is 0 Å². The molecule has 29 heavy (non-hydrogen) atoms. The fourth-order valence-corrected chi connectivity index (χ4v) is 4.44. The number of para-hydroxylation sites is 2. The van der Waals surface area contributed by atoms with Crippen molar-refractivity contribution in [1.29, 1.82) is 0 Å². The van der Waals surface area contributed by atoms with Gasteiger partial charge in [-0.3, -0.25) is 14.7 Å². The highest BCUT2D eigenvalue weighted by Crippen LogP contribution is 2.31. The van der Waals surface area contributed by atoms with E-state index in [2.05, 4.69) is 15.0 Å². The third-order valence-electron chi connectivity index (χ3n) is 4.89. The van der Waals surface area contributed by atoms with Gasteiger partial charge >= 0.3 is 0 Å². The third kappa shape index (κ3) is 3.56. The molecule has 2 aromatic carbocycles. The van der Waals surface area contributed by atoms with E-state index in [0.29, 0.717) is 34.0 Å². The van der Waals surface area contributed by atoms with Crippen LogP contribution in [-0.4, -0.2) is 40.1 Å². The third-order valence-corrected chi connectivity index (χ3v) is 5.93. The molecule has 1 atom stereocenters. The molecule has 2 aromatic heterocycles. The van der Waals surface area contributed by atoms with Crippen molar-refractivity contribution in [2.24, 2.45) is 0 Å². The number of rotatable bonds is 4. The largest absolute Gasteiger partial charge is 0.376 e. The standard InChI is InChI=1S/C21H17FN4O2S/c22-13-7-8-17-19(10-13)29-21(25-17)26(12-14-4-3-9-28-14)20(27)18-11-23-15-5-1-2-6-16(15)24-18/h1-2,5-8,10-11,14H,3-4,9,12H2. The average molecular weight is 408 g/mol. The Kier molecular flexibility index (Phi) is 4.65. The number of ether oxygens (including phenoxy) is 1. The van der Waals surface area contributed by atoms with Crippen LogP contribution in [0.15, 0.2) is 48.7 Å². The molecule has 0 bridgehead atoms. The minimum atomic E-state index is -0.329. The summed E-state index contributed by atoms with van der Waals surface area (Å²) >= 11 is 1.28. The molecule has 0 radical (unpaired) electrons. The first kappa shape index (κ1) is 18.1. The van der Waals surface area contributed by atoms with Crippen LogP contribution in [0.5, 0.6) is 0 Å². The molecule has 5 rings (SSSR count). The average Bonchev–Trinajstić information content (AvgIpc) is 3.40. The lowest BCUT2D eigenvalue weighted by Gasteiger charge is -2.22. The number of anilines is 1. The summed E-state index contributed by atoms with van der Waals surface area (Å²) in [6.45, 7) is 1.06. The highest BCUT2D eigenvalue weighted by molar-refractivity contribution is 7.22. The molecular formula is C21H17FN4O2S. The number of fused-ring (bicyclic) bond motifs is 2. The lowest BCUT2D eigenvalue weighted by atomic mass is 10.2. The first-order valence-corrected chi connectivity index (χ1v) is 10.2. The second-order valence-corrected chi connectivity index (χ2v) is 7.91. The van der Waals surface area contributed by atoms with E-state index >= 15 is 0 Å². The molecule has 4 aromatic rings. The Morgan fingerprint density at radius 3 is 2.86 bits per heavy atom. The van der Waals surface area contributed by atoms with Crippen molar-refractivity contribution in [2.45, 2.75) is 18.9 Å². The van der Waals surface area contributed by atoms with Gasteiger partial charge in [-0.1, -0.05) is 23.5 Å². The van der Waals surface area contributed by atoms with E-state index in [1.54, 1.807) is 11.0 Å². The Labute approximate surface area is 170 Å². The summed E-state index contributed by atoms with van der Waals surface area (Å²) in [5.41, 5.74) is 2.28. The number of carbonyl (C=O) groups is 1. The predicted octanol–water partition coefficient (Wildman–Crippen LogP) is 4.20. The minimum absolute atomic E-state index is 0.0592. The molecule has 0 N–H and O–H groups in total. The second-order valence-electron chi connectivity index (χ2n) is 6.90. The van der Waals surface area contributed by atoms with Gasteiger partial charge in [-0.05, 0) is 43.2 Å². The number of halogens is 1. The molecule has 8 heteroatoms. The summed E-state index contributed by atoms with van der Waals surface area (Å²) in [5.74, 6) is -0.622. The Balaban J connectivity index is 1.55. The number of thiazole rings is 1. The molecule has 0 aliphatic carbocycles. The van der Waals surface area contributed by atoms with Gasteiger partial charge in [-0.25, -0.2) is 14.4 Å². The molecule has 0 spiro atoms. The topological polar surface area (TPSA) is 68.2 Å². The van der Waals surface area contributed by atoms with E-state index in [1.807, 2.05) is 24.3 Å². The zero-order valence-corrected chi connectivity index (χ0v) is 16.2. The van der Waals surface area contributed by atoms with Gasteiger partial charge in [-0.2, -0.15) is 0 Å². The van der Waals surface area contributed by atoms with Crippen LogP contribution in [0.1, 0.15) is 23.3 Å². The molecular weight excluding hydrogens is 391 g/mol. The number of nitrogens with zero attached hydrogens (tertiary/aromatic N) is 4. The number of benzene rings is 2. The van der Waals surface area contributed by atoms with Crippen LogP contribution in [0, 0.1) is 5.82 Å². The van der Waals surface area contributed by atoms with Gasteiger partial charge in [-0.15, -0.1) is 0 Å². The maximum atomic E-state index is 13.6. The fraction of sp³-hybridized carbons (Fsp3) is 0.238. The highest BCUT2D eigenvalue weighted by atomic mass is 32.1. The van der Waals surface area contributed by atoms with Crippen LogP contribution < -0.4 is 4.90 Å². The number of hydrogen-bond donors (Lipinski definition) is 0.